The maximum absolute atomic E-state index is 12.2. The van der Waals surface area contributed by atoms with Crippen molar-refractivity contribution in [1.29, 1.82) is 0 Å². The van der Waals surface area contributed by atoms with Gasteiger partial charge in [-0.3, -0.25) is 9.20 Å². The number of hydrogen-bond donors (Lipinski definition) is 1. The Balaban J connectivity index is 1.51. The molecule has 0 radical (unpaired) electrons. The molecule has 1 amide bonds. The summed E-state index contributed by atoms with van der Waals surface area (Å²) in [6.07, 6.45) is 3.86. The van der Waals surface area contributed by atoms with Gasteiger partial charge in [0, 0.05) is 23.2 Å². The zero-order valence-electron chi connectivity index (χ0n) is 11.6. The van der Waals surface area contributed by atoms with Gasteiger partial charge in [0.2, 0.25) is 0 Å². The Labute approximate surface area is 130 Å². The van der Waals surface area contributed by atoms with Crippen LogP contribution in [-0.2, 0) is 6.54 Å². The number of amides is 1. The first-order valence-corrected chi connectivity index (χ1v) is 7.73. The fraction of sp³-hybridized carbons (Fsp3) is 0.0625. The molecule has 22 heavy (non-hydrogen) atoms. The van der Waals surface area contributed by atoms with E-state index in [0.29, 0.717) is 12.2 Å². The Bertz CT molecular complexity index is 944. The first-order valence-electron chi connectivity index (χ1n) is 6.85. The van der Waals surface area contributed by atoms with Crippen molar-refractivity contribution < 1.29 is 4.79 Å². The molecule has 1 aromatic carbocycles. The molecule has 1 N–H and O–H groups in total. The molecule has 108 valence electrons. The zero-order chi connectivity index (χ0) is 14.9. The smallest absolute Gasteiger partial charge is 0.270 e. The molecule has 0 fully saturated rings. The fourth-order valence-corrected chi connectivity index (χ4v) is 3.03. The average molecular weight is 308 g/mol. The Morgan fingerprint density at radius 3 is 3.00 bits per heavy atom. The highest BCUT2D eigenvalue weighted by Gasteiger charge is 2.09. The minimum Gasteiger partial charge on any atom is -0.345 e. The van der Waals surface area contributed by atoms with Crippen LogP contribution in [0.5, 0.6) is 0 Å². The van der Waals surface area contributed by atoms with Gasteiger partial charge in [0.25, 0.3) is 5.91 Å². The van der Waals surface area contributed by atoms with Crippen molar-refractivity contribution in [1.82, 2.24) is 19.7 Å². The van der Waals surface area contributed by atoms with Crippen molar-refractivity contribution in [2.75, 3.05) is 0 Å². The summed E-state index contributed by atoms with van der Waals surface area (Å²) in [7, 11) is 0. The lowest BCUT2D eigenvalue weighted by molar-refractivity contribution is 0.0946. The van der Waals surface area contributed by atoms with Gasteiger partial charge in [-0.1, -0.05) is 24.3 Å². The van der Waals surface area contributed by atoms with Gasteiger partial charge in [-0.05, 0) is 12.1 Å². The van der Waals surface area contributed by atoms with Crippen LogP contribution in [0.1, 0.15) is 16.2 Å². The normalized spacial score (nSPS) is 11.1. The number of fused-ring (bicyclic) bond motifs is 2. The SMILES string of the molecule is O=C(NCc1cn2ccsc2n1)c1ccc2ccccc2n1. The van der Waals surface area contributed by atoms with E-state index in [4.69, 9.17) is 0 Å². The zero-order valence-corrected chi connectivity index (χ0v) is 12.4. The van der Waals surface area contributed by atoms with Crippen LogP contribution in [-0.4, -0.2) is 20.3 Å². The van der Waals surface area contributed by atoms with Crippen LogP contribution in [0.15, 0.2) is 54.2 Å². The van der Waals surface area contributed by atoms with Gasteiger partial charge in [-0.2, -0.15) is 0 Å². The van der Waals surface area contributed by atoms with Gasteiger partial charge in [0.05, 0.1) is 17.8 Å². The highest BCUT2D eigenvalue weighted by Crippen LogP contribution is 2.13. The number of para-hydroxylation sites is 1. The van der Waals surface area contributed by atoms with Crippen molar-refractivity contribution in [2.24, 2.45) is 0 Å². The lowest BCUT2D eigenvalue weighted by Crippen LogP contribution is -2.23. The molecule has 0 aliphatic rings. The first kappa shape index (κ1) is 13.0. The largest absolute Gasteiger partial charge is 0.345 e. The van der Waals surface area contributed by atoms with Gasteiger partial charge in [-0.25, -0.2) is 9.97 Å². The van der Waals surface area contributed by atoms with Gasteiger partial charge in [0.15, 0.2) is 4.96 Å². The second kappa shape index (κ2) is 5.23. The van der Waals surface area contributed by atoms with Gasteiger partial charge < -0.3 is 5.32 Å². The third-order valence-electron chi connectivity index (χ3n) is 3.40. The molecule has 0 spiro atoms. The number of carbonyl (C=O) groups is 1. The predicted molar refractivity (Wildman–Crippen MR) is 86.0 cm³/mol. The summed E-state index contributed by atoms with van der Waals surface area (Å²) in [5, 5.41) is 5.86. The molecular weight excluding hydrogens is 296 g/mol. The quantitative estimate of drug-likeness (QED) is 0.633. The number of benzene rings is 1. The van der Waals surface area contributed by atoms with E-state index >= 15 is 0 Å². The summed E-state index contributed by atoms with van der Waals surface area (Å²) in [5.41, 5.74) is 2.07. The minimum absolute atomic E-state index is 0.192. The molecule has 0 aliphatic heterocycles. The van der Waals surface area contributed by atoms with Crippen LogP contribution in [0.4, 0.5) is 0 Å². The molecule has 0 unspecified atom stereocenters. The minimum atomic E-state index is -0.192. The monoisotopic (exact) mass is 308 g/mol. The van der Waals surface area contributed by atoms with Crippen molar-refractivity contribution >= 4 is 33.1 Å². The van der Waals surface area contributed by atoms with Crippen molar-refractivity contribution in [2.45, 2.75) is 6.54 Å². The maximum atomic E-state index is 12.2. The number of nitrogens with zero attached hydrogens (tertiary/aromatic N) is 3. The fourth-order valence-electron chi connectivity index (χ4n) is 2.32. The van der Waals surface area contributed by atoms with Crippen LogP contribution in [0.3, 0.4) is 0 Å². The topological polar surface area (TPSA) is 59.3 Å². The van der Waals surface area contributed by atoms with E-state index in [0.717, 1.165) is 21.6 Å². The molecule has 0 atom stereocenters. The standard InChI is InChI=1S/C16H12N4OS/c21-15(14-6-5-11-3-1-2-4-13(11)19-14)17-9-12-10-20-7-8-22-16(20)18-12/h1-8,10H,9H2,(H,17,21). The Morgan fingerprint density at radius 2 is 2.09 bits per heavy atom. The molecule has 3 aromatic heterocycles. The Morgan fingerprint density at radius 1 is 1.18 bits per heavy atom. The third-order valence-corrected chi connectivity index (χ3v) is 4.17. The number of imidazole rings is 1. The highest BCUT2D eigenvalue weighted by atomic mass is 32.1. The molecule has 6 heteroatoms. The molecule has 0 saturated carbocycles. The van der Waals surface area contributed by atoms with Crippen LogP contribution >= 0.6 is 11.3 Å². The predicted octanol–water partition coefficient (Wildman–Crippen LogP) is 2.87. The molecule has 0 aliphatic carbocycles. The van der Waals surface area contributed by atoms with Crippen molar-refractivity contribution in [3.8, 4) is 0 Å². The summed E-state index contributed by atoms with van der Waals surface area (Å²) in [5.74, 6) is -0.192. The highest BCUT2D eigenvalue weighted by molar-refractivity contribution is 7.15. The Hall–Kier alpha value is -2.73. The number of hydrogen-bond acceptors (Lipinski definition) is 4. The molecule has 5 nitrogen and oxygen atoms in total. The van der Waals surface area contributed by atoms with Crippen LogP contribution in [0.25, 0.3) is 15.9 Å². The molecule has 0 bridgehead atoms. The first-order chi connectivity index (χ1) is 10.8. The average Bonchev–Trinajstić information content (AvgIpc) is 3.13. The third kappa shape index (κ3) is 2.33. The van der Waals surface area contributed by atoms with E-state index in [-0.39, 0.29) is 5.91 Å². The van der Waals surface area contributed by atoms with Crippen molar-refractivity contribution in [3.05, 3.63) is 65.6 Å². The lowest BCUT2D eigenvalue weighted by atomic mass is 10.2. The lowest BCUT2D eigenvalue weighted by Gasteiger charge is -2.04. The van der Waals surface area contributed by atoms with Gasteiger partial charge in [0.1, 0.15) is 5.69 Å². The number of nitrogens with one attached hydrogen (secondary N) is 1. The molecule has 4 aromatic rings. The molecular formula is C16H12N4OS. The Kier molecular flexibility index (Phi) is 3.08. The maximum Gasteiger partial charge on any atom is 0.270 e. The summed E-state index contributed by atoms with van der Waals surface area (Å²) in [6.45, 7) is 0.391. The second-order valence-corrected chi connectivity index (χ2v) is 5.77. The molecule has 3 heterocycles. The number of thiazole rings is 1. The van der Waals surface area contributed by atoms with E-state index < -0.39 is 0 Å². The summed E-state index contributed by atoms with van der Waals surface area (Å²) in [6, 6.07) is 11.4. The summed E-state index contributed by atoms with van der Waals surface area (Å²) < 4.78 is 1.94. The second-order valence-electron chi connectivity index (χ2n) is 4.90. The van der Waals surface area contributed by atoms with E-state index in [2.05, 4.69) is 15.3 Å². The number of aromatic nitrogens is 3. The number of pyridine rings is 1. The van der Waals surface area contributed by atoms with Gasteiger partial charge >= 0.3 is 0 Å². The van der Waals surface area contributed by atoms with Crippen LogP contribution in [0.2, 0.25) is 0 Å². The van der Waals surface area contributed by atoms with E-state index in [9.17, 15) is 4.79 Å². The van der Waals surface area contributed by atoms with Crippen LogP contribution in [0, 0.1) is 0 Å². The van der Waals surface area contributed by atoms with E-state index in [1.165, 1.54) is 0 Å². The summed E-state index contributed by atoms with van der Waals surface area (Å²) in [4.78, 5) is 22.0. The van der Waals surface area contributed by atoms with Crippen LogP contribution < -0.4 is 5.32 Å². The van der Waals surface area contributed by atoms with Crippen molar-refractivity contribution in [3.63, 3.8) is 0 Å². The number of rotatable bonds is 3. The number of carbonyl (C=O) groups excluding carboxylic acids is 1. The summed E-state index contributed by atoms with van der Waals surface area (Å²) >= 11 is 1.57. The van der Waals surface area contributed by atoms with E-state index in [1.807, 2.05) is 52.5 Å². The van der Waals surface area contributed by atoms with Gasteiger partial charge in [-0.15, -0.1) is 11.3 Å². The van der Waals surface area contributed by atoms with E-state index in [1.54, 1.807) is 17.4 Å². The molecule has 0 saturated heterocycles. The molecule has 4 rings (SSSR count).